The van der Waals surface area contributed by atoms with E-state index in [2.05, 4.69) is 60.5 Å². The van der Waals surface area contributed by atoms with Gasteiger partial charge in [-0.25, -0.2) is 0 Å². The quantitative estimate of drug-likeness (QED) is 0.618. The van der Waals surface area contributed by atoms with Crippen LogP contribution in [0.15, 0.2) is 47.4 Å². The van der Waals surface area contributed by atoms with Crippen molar-refractivity contribution in [1.29, 1.82) is 0 Å². The maximum atomic E-state index is 14.2. The van der Waals surface area contributed by atoms with E-state index >= 15 is 0 Å². The first-order valence-electron chi connectivity index (χ1n) is 10.5. The second-order valence-corrected chi connectivity index (χ2v) is 10.8. The van der Waals surface area contributed by atoms with Crippen molar-refractivity contribution >= 4 is 29.0 Å². The zero-order chi connectivity index (χ0) is 19.1. The van der Waals surface area contributed by atoms with Crippen LogP contribution in [0, 0.1) is 0 Å². The maximum Gasteiger partial charge on any atom is 0.268 e. The van der Waals surface area contributed by atoms with E-state index in [0.717, 1.165) is 30.5 Å². The van der Waals surface area contributed by atoms with Crippen LogP contribution in [-0.4, -0.2) is 11.4 Å². The third-order valence-corrected chi connectivity index (χ3v) is 8.74. The Morgan fingerprint density at radius 3 is 2.50 bits per heavy atom. The predicted molar refractivity (Wildman–Crippen MR) is 115 cm³/mol. The highest BCUT2D eigenvalue weighted by atomic mass is 32.2. The van der Waals surface area contributed by atoms with E-state index in [4.69, 9.17) is 0 Å². The van der Waals surface area contributed by atoms with Gasteiger partial charge >= 0.3 is 0 Å². The molecule has 0 saturated heterocycles. The van der Waals surface area contributed by atoms with Crippen molar-refractivity contribution in [1.82, 2.24) is 0 Å². The molecule has 0 aromatic heterocycles. The van der Waals surface area contributed by atoms with E-state index in [1.165, 1.54) is 35.4 Å². The average Bonchev–Trinajstić information content (AvgIpc) is 3.18. The Labute approximate surface area is 170 Å². The number of hydrogen-bond acceptors (Lipinski definition) is 3. The smallest absolute Gasteiger partial charge is 0.268 e. The Morgan fingerprint density at radius 1 is 0.964 bits per heavy atom. The van der Waals surface area contributed by atoms with Gasteiger partial charge < -0.3 is 10.2 Å². The molecule has 3 aliphatic heterocycles. The summed E-state index contributed by atoms with van der Waals surface area (Å²) in [7, 11) is 0. The molecular formula is C24H26N2OS. The van der Waals surface area contributed by atoms with Gasteiger partial charge in [-0.3, -0.25) is 4.79 Å². The Morgan fingerprint density at radius 2 is 1.71 bits per heavy atom. The first-order chi connectivity index (χ1) is 13.5. The number of anilines is 2. The molecule has 3 nitrogen and oxygen atoms in total. The van der Waals surface area contributed by atoms with Gasteiger partial charge in [-0.1, -0.05) is 75.2 Å². The van der Waals surface area contributed by atoms with Crippen LogP contribution in [0.4, 0.5) is 11.4 Å². The SMILES string of the molecule is CC1(C)CC2(CCCCC2)N2C(=O)[C@]3(Nc4ccccc4S3)c3cccc1c32. The molecule has 1 aliphatic carbocycles. The number of hydrogen-bond donors (Lipinski definition) is 1. The second kappa shape index (κ2) is 5.35. The first-order valence-corrected chi connectivity index (χ1v) is 11.3. The van der Waals surface area contributed by atoms with Gasteiger partial charge in [-0.05, 0) is 42.4 Å². The monoisotopic (exact) mass is 390 g/mol. The fraction of sp³-hybridized carbons (Fsp3) is 0.458. The summed E-state index contributed by atoms with van der Waals surface area (Å²) in [5.74, 6) is 0.244. The van der Waals surface area contributed by atoms with Crippen LogP contribution in [0.3, 0.4) is 0 Å². The Bertz CT molecular complexity index is 980. The van der Waals surface area contributed by atoms with Gasteiger partial charge in [0.25, 0.3) is 5.91 Å². The minimum Gasteiger partial charge on any atom is -0.358 e. The van der Waals surface area contributed by atoms with Crippen molar-refractivity contribution in [3.05, 3.63) is 53.6 Å². The van der Waals surface area contributed by atoms with Gasteiger partial charge in [0, 0.05) is 21.7 Å². The molecule has 1 fully saturated rings. The van der Waals surface area contributed by atoms with Crippen LogP contribution in [0.2, 0.25) is 0 Å². The van der Waals surface area contributed by atoms with Crippen LogP contribution in [0.5, 0.6) is 0 Å². The molecule has 2 aromatic rings. The van der Waals surface area contributed by atoms with E-state index in [1.807, 2.05) is 6.07 Å². The Balaban J connectivity index is 1.60. The average molecular weight is 391 g/mol. The van der Waals surface area contributed by atoms with Crippen LogP contribution in [0.25, 0.3) is 0 Å². The van der Waals surface area contributed by atoms with Gasteiger partial charge in [-0.15, -0.1) is 0 Å². The fourth-order valence-electron chi connectivity index (χ4n) is 6.31. The van der Waals surface area contributed by atoms with Crippen LogP contribution in [0.1, 0.15) is 63.5 Å². The van der Waals surface area contributed by atoms with E-state index in [0.29, 0.717) is 0 Å². The molecule has 6 rings (SSSR count). The van der Waals surface area contributed by atoms with Gasteiger partial charge in [-0.2, -0.15) is 0 Å². The second-order valence-electron chi connectivity index (χ2n) is 9.59. The van der Waals surface area contributed by atoms with Crippen molar-refractivity contribution in [3.63, 3.8) is 0 Å². The standard InChI is InChI=1S/C24H26N2OS/c1-22(2)15-23(13-6-3-7-14-23)26-20-16(22)9-8-10-17(20)24(21(26)27)25-18-11-4-5-12-19(18)28-24/h4-5,8-12,25H,3,6-7,13-15H2,1-2H3/t24-/m0/s1. The molecular weight excluding hydrogens is 364 g/mol. The summed E-state index contributed by atoms with van der Waals surface area (Å²) in [5.41, 5.74) is 4.84. The number of fused-ring (bicyclic) bond motifs is 3. The molecule has 28 heavy (non-hydrogen) atoms. The summed E-state index contributed by atoms with van der Waals surface area (Å²) in [6.07, 6.45) is 7.07. The molecule has 4 aliphatic rings. The molecule has 0 radical (unpaired) electrons. The van der Waals surface area contributed by atoms with Gasteiger partial charge in [0.2, 0.25) is 0 Å². The zero-order valence-corrected chi connectivity index (χ0v) is 17.4. The van der Waals surface area contributed by atoms with Gasteiger partial charge in [0.15, 0.2) is 4.87 Å². The maximum absolute atomic E-state index is 14.2. The number of nitrogens with one attached hydrogen (secondary N) is 1. The molecule has 3 heterocycles. The minimum atomic E-state index is -0.708. The van der Waals surface area contributed by atoms with Crippen molar-refractivity contribution in [2.45, 2.75) is 73.1 Å². The van der Waals surface area contributed by atoms with Crippen molar-refractivity contribution < 1.29 is 4.79 Å². The van der Waals surface area contributed by atoms with Gasteiger partial charge in [0.05, 0.1) is 5.69 Å². The number of carbonyl (C=O) groups is 1. The number of nitrogens with zero attached hydrogens (tertiary/aromatic N) is 1. The zero-order valence-electron chi connectivity index (χ0n) is 16.5. The molecule has 1 saturated carbocycles. The Kier molecular flexibility index (Phi) is 3.24. The summed E-state index contributed by atoms with van der Waals surface area (Å²) in [6, 6.07) is 14.9. The molecule has 0 bridgehead atoms. The van der Waals surface area contributed by atoms with Crippen LogP contribution in [-0.2, 0) is 15.1 Å². The third kappa shape index (κ3) is 1.95. The lowest BCUT2D eigenvalue weighted by Gasteiger charge is -2.53. The molecule has 144 valence electrons. The van der Waals surface area contributed by atoms with Crippen molar-refractivity contribution in [3.8, 4) is 0 Å². The lowest BCUT2D eigenvalue weighted by atomic mass is 9.64. The summed E-state index contributed by atoms with van der Waals surface area (Å²) in [5, 5.41) is 3.66. The topological polar surface area (TPSA) is 32.3 Å². The summed E-state index contributed by atoms with van der Waals surface area (Å²) in [4.78, 5) is 16.9. The summed E-state index contributed by atoms with van der Waals surface area (Å²) in [6.45, 7) is 4.74. The Hall–Kier alpha value is -1.94. The molecule has 2 spiro atoms. The number of thioether (sulfide) groups is 1. The highest BCUT2D eigenvalue weighted by molar-refractivity contribution is 8.01. The van der Waals surface area contributed by atoms with Crippen molar-refractivity contribution in [2.75, 3.05) is 10.2 Å². The molecule has 1 atom stereocenters. The fourth-order valence-corrected chi connectivity index (χ4v) is 7.63. The van der Waals surface area contributed by atoms with Crippen molar-refractivity contribution in [2.24, 2.45) is 0 Å². The lowest BCUT2D eigenvalue weighted by molar-refractivity contribution is -0.121. The van der Waals surface area contributed by atoms with Crippen LogP contribution >= 0.6 is 11.8 Å². The molecule has 1 N–H and O–H groups in total. The number of amides is 1. The summed E-state index contributed by atoms with van der Waals surface area (Å²) >= 11 is 1.70. The first kappa shape index (κ1) is 17.0. The molecule has 2 aromatic carbocycles. The largest absolute Gasteiger partial charge is 0.358 e. The van der Waals surface area contributed by atoms with E-state index in [1.54, 1.807) is 11.8 Å². The normalized spacial score (nSPS) is 28.4. The number of carbonyl (C=O) groups excluding carboxylic acids is 1. The number of rotatable bonds is 0. The van der Waals surface area contributed by atoms with E-state index in [9.17, 15) is 4.79 Å². The van der Waals surface area contributed by atoms with Gasteiger partial charge in [0.1, 0.15) is 0 Å². The van der Waals surface area contributed by atoms with E-state index in [-0.39, 0.29) is 16.9 Å². The molecule has 1 amide bonds. The van der Waals surface area contributed by atoms with E-state index < -0.39 is 4.87 Å². The number of para-hydroxylation sites is 2. The molecule has 4 heteroatoms. The highest BCUT2D eigenvalue weighted by Crippen LogP contribution is 2.64. The third-order valence-electron chi connectivity index (χ3n) is 7.36. The van der Waals surface area contributed by atoms with Crippen LogP contribution < -0.4 is 10.2 Å². The number of benzene rings is 2. The summed E-state index contributed by atoms with van der Waals surface area (Å²) < 4.78 is 0. The highest BCUT2D eigenvalue weighted by Gasteiger charge is 2.63. The minimum absolute atomic E-state index is 0.0253. The molecule has 0 unspecified atom stereocenters. The lowest BCUT2D eigenvalue weighted by Crippen LogP contribution is -2.59. The predicted octanol–water partition coefficient (Wildman–Crippen LogP) is 5.79.